The third kappa shape index (κ3) is 3.96. The molecule has 0 aliphatic rings. The molecular formula is C15H16N2O3S. The second-order valence-electron chi connectivity index (χ2n) is 4.49. The Morgan fingerprint density at radius 1 is 1.19 bits per heavy atom. The standard InChI is InChI=1S/C15H16N2O3S/c1-2-15(18)13-5-7-14(8-6-13)21(19,20)17-11-12-4-3-9-16-10-12/h3-10,17H,2,11H2,1H3. The number of carbonyl (C=O) groups is 1. The number of ketones is 1. The number of rotatable bonds is 6. The van der Waals surface area contributed by atoms with E-state index in [0.29, 0.717) is 12.0 Å². The predicted molar refractivity (Wildman–Crippen MR) is 79.3 cm³/mol. The molecule has 0 saturated heterocycles. The van der Waals surface area contributed by atoms with Crippen molar-refractivity contribution in [1.82, 2.24) is 9.71 Å². The normalized spacial score (nSPS) is 11.3. The van der Waals surface area contributed by atoms with E-state index in [-0.39, 0.29) is 17.2 Å². The van der Waals surface area contributed by atoms with E-state index in [1.54, 1.807) is 31.5 Å². The fraction of sp³-hybridized carbons (Fsp3) is 0.200. The van der Waals surface area contributed by atoms with Crippen LogP contribution in [0.15, 0.2) is 53.7 Å². The predicted octanol–water partition coefficient (Wildman–Crippen LogP) is 2.15. The van der Waals surface area contributed by atoms with Gasteiger partial charge in [0.25, 0.3) is 0 Å². The Morgan fingerprint density at radius 3 is 2.48 bits per heavy atom. The molecule has 2 rings (SSSR count). The highest BCUT2D eigenvalue weighted by Crippen LogP contribution is 2.12. The van der Waals surface area contributed by atoms with Crippen molar-refractivity contribution in [2.75, 3.05) is 0 Å². The zero-order valence-corrected chi connectivity index (χ0v) is 12.4. The lowest BCUT2D eigenvalue weighted by Gasteiger charge is -2.07. The summed E-state index contributed by atoms with van der Waals surface area (Å²) < 4.78 is 26.8. The molecule has 0 unspecified atom stereocenters. The van der Waals surface area contributed by atoms with Crippen LogP contribution in [0.3, 0.4) is 0 Å². The number of pyridine rings is 1. The minimum atomic E-state index is -3.60. The zero-order valence-electron chi connectivity index (χ0n) is 11.6. The molecule has 1 N–H and O–H groups in total. The van der Waals surface area contributed by atoms with Gasteiger partial charge in [-0.3, -0.25) is 9.78 Å². The first-order valence-electron chi connectivity index (χ1n) is 6.55. The second-order valence-corrected chi connectivity index (χ2v) is 6.25. The number of sulfonamides is 1. The van der Waals surface area contributed by atoms with Crippen LogP contribution in [-0.2, 0) is 16.6 Å². The minimum absolute atomic E-state index is 0.0118. The van der Waals surface area contributed by atoms with E-state index in [9.17, 15) is 13.2 Å². The molecule has 110 valence electrons. The minimum Gasteiger partial charge on any atom is -0.294 e. The molecule has 0 fully saturated rings. The topological polar surface area (TPSA) is 76.1 Å². The van der Waals surface area contributed by atoms with Crippen molar-refractivity contribution in [2.24, 2.45) is 0 Å². The quantitative estimate of drug-likeness (QED) is 0.830. The third-order valence-electron chi connectivity index (χ3n) is 3.00. The van der Waals surface area contributed by atoms with Crippen LogP contribution in [0, 0.1) is 0 Å². The fourth-order valence-electron chi connectivity index (χ4n) is 1.79. The van der Waals surface area contributed by atoms with Gasteiger partial charge in [-0.15, -0.1) is 0 Å². The average molecular weight is 304 g/mol. The number of Topliss-reactive ketones (excluding diaryl/α,β-unsaturated/α-hetero) is 1. The summed E-state index contributed by atoms with van der Waals surface area (Å²) >= 11 is 0. The van der Waals surface area contributed by atoms with Crippen molar-refractivity contribution in [2.45, 2.75) is 24.8 Å². The van der Waals surface area contributed by atoms with Gasteiger partial charge in [0.15, 0.2) is 5.78 Å². The number of aromatic nitrogens is 1. The van der Waals surface area contributed by atoms with Crippen LogP contribution in [0.2, 0.25) is 0 Å². The Bertz CT molecular complexity index is 710. The van der Waals surface area contributed by atoms with Crippen molar-refractivity contribution in [1.29, 1.82) is 0 Å². The molecule has 0 aliphatic carbocycles. The van der Waals surface area contributed by atoms with Crippen molar-refractivity contribution in [3.05, 3.63) is 59.9 Å². The number of nitrogens with one attached hydrogen (secondary N) is 1. The molecule has 0 aliphatic heterocycles. The first-order chi connectivity index (χ1) is 10.0. The van der Waals surface area contributed by atoms with Gasteiger partial charge in [-0.05, 0) is 23.8 Å². The zero-order chi connectivity index (χ0) is 15.3. The third-order valence-corrected chi connectivity index (χ3v) is 4.41. The molecule has 1 aromatic heterocycles. The summed E-state index contributed by atoms with van der Waals surface area (Å²) in [6.07, 6.45) is 3.62. The smallest absolute Gasteiger partial charge is 0.240 e. The van der Waals surface area contributed by atoms with Gasteiger partial charge in [0, 0.05) is 30.9 Å². The summed E-state index contributed by atoms with van der Waals surface area (Å²) in [5.74, 6) is -0.0118. The Labute approximate surface area is 124 Å². The molecule has 5 nitrogen and oxygen atoms in total. The number of hydrogen-bond donors (Lipinski definition) is 1. The van der Waals surface area contributed by atoms with E-state index in [4.69, 9.17) is 0 Å². The molecule has 21 heavy (non-hydrogen) atoms. The Morgan fingerprint density at radius 2 is 1.90 bits per heavy atom. The first kappa shape index (κ1) is 15.3. The number of benzene rings is 1. The number of nitrogens with zero attached hydrogens (tertiary/aromatic N) is 1. The van der Waals surface area contributed by atoms with Gasteiger partial charge in [0.05, 0.1) is 4.90 Å². The van der Waals surface area contributed by atoms with E-state index in [2.05, 4.69) is 9.71 Å². The van der Waals surface area contributed by atoms with Crippen molar-refractivity contribution in [3.8, 4) is 0 Å². The first-order valence-corrected chi connectivity index (χ1v) is 8.03. The van der Waals surface area contributed by atoms with Crippen molar-refractivity contribution >= 4 is 15.8 Å². The Kier molecular flexibility index (Phi) is 4.82. The van der Waals surface area contributed by atoms with Crippen molar-refractivity contribution in [3.63, 3.8) is 0 Å². The van der Waals surface area contributed by atoms with Crippen molar-refractivity contribution < 1.29 is 13.2 Å². The lowest BCUT2D eigenvalue weighted by molar-refractivity contribution is 0.0988. The maximum Gasteiger partial charge on any atom is 0.240 e. The maximum atomic E-state index is 12.1. The lowest BCUT2D eigenvalue weighted by Crippen LogP contribution is -2.23. The van der Waals surface area contributed by atoms with Crippen LogP contribution < -0.4 is 4.72 Å². The largest absolute Gasteiger partial charge is 0.294 e. The average Bonchev–Trinajstić information content (AvgIpc) is 2.53. The van der Waals surface area contributed by atoms with Crippen LogP contribution >= 0.6 is 0 Å². The van der Waals surface area contributed by atoms with Gasteiger partial charge < -0.3 is 0 Å². The molecule has 2 aromatic rings. The van der Waals surface area contributed by atoms with E-state index in [0.717, 1.165) is 5.56 Å². The number of carbonyl (C=O) groups excluding carboxylic acids is 1. The highest BCUT2D eigenvalue weighted by atomic mass is 32.2. The van der Waals surface area contributed by atoms with Crippen LogP contribution in [-0.4, -0.2) is 19.2 Å². The molecule has 0 atom stereocenters. The lowest BCUT2D eigenvalue weighted by atomic mass is 10.1. The van der Waals surface area contributed by atoms with Gasteiger partial charge >= 0.3 is 0 Å². The molecule has 0 bridgehead atoms. The van der Waals surface area contributed by atoms with Crippen LogP contribution in [0.4, 0.5) is 0 Å². The molecule has 0 spiro atoms. The number of hydrogen-bond acceptors (Lipinski definition) is 4. The summed E-state index contributed by atoms with van der Waals surface area (Å²) in [5, 5.41) is 0. The summed E-state index contributed by atoms with van der Waals surface area (Å²) in [6.45, 7) is 1.94. The van der Waals surface area contributed by atoms with E-state index in [1.165, 1.54) is 24.3 Å². The van der Waals surface area contributed by atoms with E-state index >= 15 is 0 Å². The molecule has 1 heterocycles. The van der Waals surface area contributed by atoms with Gasteiger partial charge in [-0.25, -0.2) is 13.1 Å². The molecule has 0 radical (unpaired) electrons. The van der Waals surface area contributed by atoms with E-state index < -0.39 is 10.0 Å². The monoisotopic (exact) mass is 304 g/mol. The summed E-state index contributed by atoms with van der Waals surface area (Å²) in [7, 11) is -3.60. The fourth-order valence-corrected chi connectivity index (χ4v) is 2.81. The maximum absolute atomic E-state index is 12.1. The Hall–Kier alpha value is -2.05. The summed E-state index contributed by atoms with van der Waals surface area (Å²) in [6, 6.07) is 9.48. The van der Waals surface area contributed by atoms with Gasteiger partial charge in [0.2, 0.25) is 10.0 Å². The van der Waals surface area contributed by atoms with Gasteiger partial charge in [-0.2, -0.15) is 0 Å². The summed E-state index contributed by atoms with van der Waals surface area (Å²) in [4.78, 5) is 15.6. The Balaban J connectivity index is 2.10. The second kappa shape index (κ2) is 6.60. The summed E-state index contributed by atoms with van der Waals surface area (Å²) in [5.41, 5.74) is 1.29. The molecular weight excluding hydrogens is 288 g/mol. The molecule has 0 amide bonds. The van der Waals surface area contributed by atoms with Gasteiger partial charge in [0.1, 0.15) is 0 Å². The molecule has 6 heteroatoms. The van der Waals surface area contributed by atoms with E-state index in [1.807, 2.05) is 0 Å². The highest BCUT2D eigenvalue weighted by Gasteiger charge is 2.14. The van der Waals surface area contributed by atoms with Crippen LogP contribution in [0.1, 0.15) is 29.3 Å². The molecule has 1 aromatic carbocycles. The molecule has 0 saturated carbocycles. The van der Waals surface area contributed by atoms with Crippen LogP contribution in [0.25, 0.3) is 0 Å². The van der Waals surface area contributed by atoms with Crippen LogP contribution in [0.5, 0.6) is 0 Å². The SMILES string of the molecule is CCC(=O)c1ccc(S(=O)(=O)NCc2cccnc2)cc1. The highest BCUT2D eigenvalue weighted by molar-refractivity contribution is 7.89. The van der Waals surface area contributed by atoms with Gasteiger partial charge in [-0.1, -0.05) is 25.1 Å².